The average Bonchev–Trinajstić information content (AvgIpc) is 2.92. The SMILES string of the molecule is Cc1noc(CN(C)C2C[C@H]3CC(O)C[C@H]3C2)n1. The molecule has 3 rings (SSSR count). The minimum Gasteiger partial charge on any atom is -0.393 e. The second kappa shape index (κ2) is 4.63. The number of hydrogen-bond acceptors (Lipinski definition) is 5. The van der Waals surface area contributed by atoms with Crippen LogP contribution in [-0.2, 0) is 6.54 Å². The van der Waals surface area contributed by atoms with Gasteiger partial charge < -0.3 is 9.63 Å². The highest BCUT2D eigenvalue weighted by atomic mass is 16.5. The third-order valence-electron chi connectivity index (χ3n) is 4.54. The van der Waals surface area contributed by atoms with E-state index in [1.807, 2.05) is 6.92 Å². The molecule has 1 aromatic rings. The Labute approximate surface area is 107 Å². The number of aliphatic hydroxyl groups is 1. The number of aliphatic hydroxyl groups excluding tert-OH is 1. The van der Waals surface area contributed by atoms with E-state index in [2.05, 4.69) is 22.1 Å². The van der Waals surface area contributed by atoms with Gasteiger partial charge in [0.1, 0.15) is 0 Å². The first-order valence-electron chi connectivity index (χ1n) is 6.79. The van der Waals surface area contributed by atoms with Crippen LogP contribution in [0.15, 0.2) is 4.52 Å². The van der Waals surface area contributed by atoms with Crippen molar-refractivity contribution in [1.29, 1.82) is 0 Å². The maximum atomic E-state index is 9.65. The molecule has 1 aromatic heterocycles. The first-order valence-corrected chi connectivity index (χ1v) is 6.79. The second-order valence-corrected chi connectivity index (χ2v) is 5.92. The molecule has 18 heavy (non-hydrogen) atoms. The molecule has 5 heteroatoms. The van der Waals surface area contributed by atoms with E-state index in [0.29, 0.717) is 17.8 Å². The molecule has 4 atom stereocenters. The van der Waals surface area contributed by atoms with Gasteiger partial charge in [0.05, 0.1) is 12.6 Å². The minimum absolute atomic E-state index is 0.0511. The van der Waals surface area contributed by atoms with Crippen molar-refractivity contribution >= 4 is 0 Å². The molecule has 0 amide bonds. The number of aromatic nitrogens is 2. The van der Waals surface area contributed by atoms with Gasteiger partial charge in [0.15, 0.2) is 5.82 Å². The molecule has 0 aliphatic heterocycles. The molecule has 0 radical (unpaired) electrons. The Morgan fingerprint density at radius 1 is 1.28 bits per heavy atom. The Bertz CT molecular complexity index is 406. The number of rotatable bonds is 3. The van der Waals surface area contributed by atoms with E-state index in [4.69, 9.17) is 4.52 Å². The number of fused-ring (bicyclic) bond motifs is 1. The summed E-state index contributed by atoms with van der Waals surface area (Å²) >= 11 is 0. The zero-order valence-electron chi connectivity index (χ0n) is 11.0. The summed E-state index contributed by atoms with van der Waals surface area (Å²) in [5, 5.41) is 13.5. The largest absolute Gasteiger partial charge is 0.393 e. The molecule has 2 aliphatic carbocycles. The number of aryl methyl sites for hydroxylation is 1. The van der Waals surface area contributed by atoms with Crippen LogP contribution in [-0.4, -0.2) is 39.3 Å². The zero-order valence-corrected chi connectivity index (χ0v) is 11.0. The van der Waals surface area contributed by atoms with Gasteiger partial charge >= 0.3 is 0 Å². The average molecular weight is 251 g/mol. The van der Waals surface area contributed by atoms with E-state index in [1.165, 1.54) is 12.8 Å². The molecule has 2 aliphatic rings. The fourth-order valence-corrected chi connectivity index (χ4v) is 3.66. The van der Waals surface area contributed by atoms with Crippen molar-refractivity contribution in [2.75, 3.05) is 7.05 Å². The molecule has 100 valence electrons. The van der Waals surface area contributed by atoms with E-state index in [1.54, 1.807) is 0 Å². The molecule has 0 spiro atoms. The van der Waals surface area contributed by atoms with E-state index >= 15 is 0 Å². The van der Waals surface area contributed by atoms with Gasteiger partial charge in [-0.1, -0.05) is 5.16 Å². The van der Waals surface area contributed by atoms with Crippen LogP contribution in [0.3, 0.4) is 0 Å². The van der Waals surface area contributed by atoms with Crippen LogP contribution < -0.4 is 0 Å². The standard InChI is InChI=1S/C13H21N3O2/c1-8-14-13(18-15-8)7-16(2)11-3-9-5-12(17)6-10(9)4-11/h9-12,17H,3-7H2,1-2H3/t9-,10+,11?,12?. The Hall–Kier alpha value is -0.940. The van der Waals surface area contributed by atoms with Crippen molar-refractivity contribution in [2.24, 2.45) is 11.8 Å². The van der Waals surface area contributed by atoms with Crippen LogP contribution >= 0.6 is 0 Å². The fraction of sp³-hybridized carbons (Fsp3) is 0.846. The first kappa shape index (κ1) is 12.1. The van der Waals surface area contributed by atoms with Gasteiger partial charge in [-0.05, 0) is 51.5 Å². The second-order valence-electron chi connectivity index (χ2n) is 5.92. The van der Waals surface area contributed by atoms with Gasteiger partial charge in [-0.3, -0.25) is 4.90 Å². The van der Waals surface area contributed by atoms with Crippen LogP contribution in [0.1, 0.15) is 37.4 Å². The molecule has 5 nitrogen and oxygen atoms in total. The van der Waals surface area contributed by atoms with Crippen LogP contribution in [0.25, 0.3) is 0 Å². The summed E-state index contributed by atoms with van der Waals surface area (Å²) in [6.45, 7) is 2.57. The first-order chi connectivity index (χ1) is 8.61. The summed E-state index contributed by atoms with van der Waals surface area (Å²) in [6.07, 6.45) is 4.34. The third kappa shape index (κ3) is 2.29. The summed E-state index contributed by atoms with van der Waals surface area (Å²) in [5.74, 6) is 2.84. The van der Waals surface area contributed by atoms with Crippen molar-refractivity contribution in [1.82, 2.24) is 15.0 Å². The maximum Gasteiger partial charge on any atom is 0.240 e. The highest BCUT2D eigenvalue weighted by Crippen LogP contribution is 2.45. The van der Waals surface area contributed by atoms with Crippen molar-refractivity contribution in [3.05, 3.63) is 11.7 Å². The Balaban J connectivity index is 1.57. The predicted octanol–water partition coefficient (Wildman–Crippen LogP) is 1.36. The quantitative estimate of drug-likeness (QED) is 0.879. The molecule has 2 saturated carbocycles. The van der Waals surface area contributed by atoms with E-state index in [9.17, 15) is 5.11 Å². The van der Waals surface area contributed by atoms with Gasteiger partial charge in [-0.25, -0.2) is 0 Å². The fourth-order valence-electron chi connectivity index (χ4n) is 3.66. The van der Waals surface area contributed by atoms with Crippen LogP contribution in [0.4, 0.5) is 0 Å². The molecule has 0 bridgehead atoms. The highest BCUT2D eigenvalue weighted by molar-refractivity contribution is 4.95. The Morgan fingerprint density at radius 2 is 1.94 bits per heavy atom. The van der Waals surface area contributed by atoms with Crippen molar-refractivity contribution in [2.45, 2.75) is 51.3 Å². The summed E-state index contributed by atoms with van der Waals surface area (Å²) in [6, 6.07) is 0.597. The molecule has 0 saturated heterocycles. The van der Waals surface area contributed by atoms with Crippen molar-refractivity contribution in [3.63, 3.8) is 0 Å². The van der Waals surface area contributed by atoms with Crippen LogP contribution in [0.2, 0.25) is 0 Å². The van der Waals surface area contributed by atoms with Gasteiger partial charge in [0, 0.05) is 6.04 Å². The summed E-state index contributed by atoms with van der Waals surface area (Å²) in [4.78, 5) is 6.56. The normalized spacial score (nSPS) is 35.3. The number of hydrogen-bond donors (Lipinski definition) is 1. The molecular formula is C13H21N3O2. The minimum atomic E-state index is -0.0511. The van der Waals surface area contributed by atoms with E-state index in [0.717, 1.165) is 31.2 Å². The summed E-state index contributed by atoms with van der Waals surface area (Å²) in [5.41, 5.74) is 0. The van der Waals surface area contributed by atoms with Crippen LogP contribution in [0, 0.1) is 18.8 Å². The van der Waals surface area contributed by atoms with Gasteiger partial charge in [-0.15, -0.1) is 0 Å². The molecule has 1 N–H and O–H groups in total. The molecule has 1 heterocycles. The maximum absolute atomic E-state index is 9.65. The van der Waals surface area contributed by atoms with Gasteiger partial charge in [0.2, 0.25) is 5.89 Å². The van der Waals surface area contributed by atoms with Gasteiger partial charge in [-0.2, -0.15) is 4.98 Å². The van der Waals surface area contributed by atoms with Crippen LogP contribution in [0.5, 0.6) is 0 Å². The lowest BCUT2D eigenvalue weighted by Gasteiger charge is -2.23. The van der Waals surface area contributed by atoms with E-state index < -0.39 is 0 Å². The van der Waals surface area contributed by atoms with Crippen molar-refractivity contribution < 1.29 is 9.63 Å². The highest BCUT2D eigenvalue weighted by Gasteiger charge is 2.42. The lowest BCUT2D eigenvalue weighted by atomic mass is 10.0. The molecular weight excluding hydrogens is 230 g/mol. The molecule has 2 unspecified atom stereocenters. The Kier molecular flexibility index (Phi) is 3.11. The predicted molar refractivity (Wildman–Crippen MR) is 65.7 cm³/mol. The third-order valence-corrected chi connectivity index (χ3v) is 4.54. The lowest BCUT2D eigenvalue weighted by molar-refractivity contribution is 0.153. The molecule has 0 aromatic carbocycles. The lowest BCUT2D eigenvalue weighted by Crippen LogP contribution is -2.30. The number of nitrogens with zero attached hydrogens (tertiary/aromatic N) is 3. The summed E-state index contributed by atoms with van der Waals surface area (Å²) in [7, 11) is 2.13. The summed E-state index contributed by atoms with van der Waals surface area (Å²) < 4.78 is 5.16. The topological polar surface area (TPSA) is 62.4 Å². The van der Waals surface area contributed by atoms with Gasteiger partial charge in [0.25, 0.3) is 0 Å². The monoisotopic (exact) mass is 251 g/mol. The molecule has 2 fully saturated rings. The van der Waals surface area contributed by atoms with Crippen molar-refractivity contribution in [3.8, 4) is 0 Å². The Morgan fingerprint density at radius 3 is 2.50 bits per heavy atom. The zero-order chi connectivity index (χ0) is 12.7. The smallest absolute Gasteiger partial charge is 0.240 e. The van der Waals surface area contributed by atoms with E-state index in [-0.39, 0.29) is 6.10 Å².